The van der Waals surface area contributed by atoms with E-state index in [-0.39, 0.29) is 0 Å². The Balaban J connectivity index is 2.55. The fraction of sp³-hybridized carbons (Fsp3) is 0.143. The van der Waals surface area contributed by atoms with E-state index in [9.17, 15) is 0 Å². The minimum absolute atomic E-state index is 1.34. The van der Waals surface area contributed by atoms with Gasteiger partial charge in [-0.15, -0.1) is 0 Å². The summed E-state index contributed by atoms with van der Waals surface area (Å²) in [6.07, 6.45) is -1.60. The van der Waals surface area contributed by atoms with Crippen LogP contribution in [0.25, 0.3) is 0 Å². The average molecular weight is 309 g/mol. The summed E-state index contributed by atoms with van der Waals surface area (Å²) in [4.78, 5) is 0. The van der Waals surface area contributed by atoms with Gasteiger partial charge in [0, 0.05) is 14.1 Å². The minimum atomic E-state index is -1.60. The zero-order valence-electron chi connectivity index (χ0n) is 10.0. The fourth-order valence-electron chi connectivity index (χ4n) is 1.86. The third-order valence-electron chi connectivity index (χ3n) is 2.75. The van der Waals surface area contributed by atoms with E-state index in [0.29, 0.717) is 0 Å². The second-order valence-corrected chi connectivity index (χ2v) is 10.1. The first kappa shape index (κ1) is 12.8. The molecule has 0 aliphatic rings. The third kappa shape index (κ3) is 2.44. The van der Waals surface area contributed by atoms with Gasteiger partial charge in [0.15, 0.2) is 15.5 Å². The topological polar surface area (TPSA) is 3.24 Å². The molecule has 0 N–H and O–H groups in total. The molecule has 0 saturated heterocycles. The van der Waals surface area contributed by atoms with Crippen LogP contribution in [-0.4, -0.2) is 18.8 Å². The molecule has 2 rings (SSSR count). The van der Waals surface area contributed by atoms with Gasteiger partial charge in [-0.1, -0.05) is 36.4 Å². The van der Waals surface area contributed by atoms with Crippen LogP contribution < -0.4 is 10.6 Å². The monoisotopic (exact) mass is 308 g/mol. The largest absolute Gasteiger partial charge is 0.217 e. The van der Waals surface area contributed by atoms with Crippen molar-refractivity contribution in [1.29, 1.82) is 0 Å². The molecule has 0 spiro atoms. The molecule has 0 unspecified atom stereocenters. The van der Waals surface area contributed by atoms with E-state index < -0.39 is 6.12 Å². The number of rotatable bonds is 3. The molecule has 3 heteroatoms. The highest BCUT2D eigenvalue weighted by atomic mass is 79.9. The van der Waals surface area contributed by atoms with Crippen LogP contribution in [0.2, 0.25) is 0 Å². The SMILES string of the molecule is CN(C)[P+](Br)(c1ccccc1)c1ccccc1. The molecule has 1 nitrogen and oxygen atoms in total. The molecule has 0 atom stereocenters. The number of hydrogen-bond acceptors (Lipinski definition) is 1. The van der Waals surface area contributed by atoms with Crippen molar-refractivity contribution in [2.24, 2.45) is 0 Å². The Morgan fingerprint density at radius 3 is 1.41 bits per heavy atom. The van der Waals surface area contributed by atoms with Crippen molar-refractivity contribution in [3.63, 3.8) is 0 Å². The van der Waals surface area contributed by atoms with Crippen molar-refractivity contribution in [3.05, 3.63) is 60.7 Å². The van der Waals surface area contributed by atoms with Crippen LogP contribution in [0.5, 0.6) is 0 Å². The maximum absolute atomic E-state index is 4.00. The first-order valence-corrected chi connectivity index (χ1v) is 9.29. The molecule has 0 aromatic heterocycles. The van der Waals surface area contributed by atoms with Crippen LogP contribution in [0, 0.1) is 0 Å². The van der Waals surface area contributed by atoms with Gasteiger partial charge in [0.2, 0.25) is 6.12 Å². The number of halogens is 1. The number of nitrogens with zero attached hydrogens (tertiary/aromatic N) is 1. The van der Waals surface area contributed by atoms with E-state index >= 15 is 0 Å². The van der Waals surface area contributed by atoms with Gasteiger partial charge in [0.1, 0.15) is 10.6 Å². The van der Waals surface area contributed by atoms with Gasteiger partial charge >= 0.3 is 0 Å². The molecule has 0 saturated carbocycles. The van der Waals surface area contributed by atoms with Gasteiger partial charge in [0.05, 0.1) is 0 Å². The lowest BCUT2D eigenvalue weighted by atomic mass is 10.4. The standard InChI is InChI=1S/C14H16BrNP/c1-16(2)17(15,13-9-5-3-6-10-13)14-11-7-4-8-12-14/h3-12H,1-2H3/q+1. The Bertz CT molecular complexity index is 431. The summed E-state index contributed by atoms with van der Waals surface area (Å²) in [5, 5.41) is 2.69. The minimum Gasteiger partial charge on any atom is -0.167 e. The molecule has 0 aliphatic heterocycles. The van der Waals surface area contributed by atoms with Crippen LogP contribution >= 0.6 is 21.6 Å². The second-order valence-electron chi connectivity index (χ2n) is 4.07. The Labute approximate surface area is 112 Å². The van der Waals surface area contributed by atoms with Crippen LogP contribution in [0.15, 0.2) is 60.7 Å². The highest BCUT2D eigenvalue weighted by Crippen LogP contribution is 2.65. The van der Waals surface area contributed by atoms with Crippen molar-refractivity contribution in [1.82, 2.24) is 4.67 Å². The highest BCUT2D eigenvalue weighted by Gasteiger charge is 2.43. The quantitative estimate of drug-likeness (QED) is 0.785. The third-order valence-corrected chi connectivity index (χ3v) is 10.2. The van der Waals surface area contributed by atoms with Gasteiger partial charge in [-0.3, -0.25) is 0 Å². The van der Waals surface area contributed by atoms with Crippen LogP contribution in [0.4, 0.5) is 0 Å². The maximum Gasteiger partial charge on any atom is 0.217 e. The van der Waals surface area contributed by atoms with Crippen molar-refractivity contribution in [2.75, 3.05) is 14.1 Å². The molecule has 0 amide bonds. The molecule has 0 radical (unpaired) electrons. The second kappa shape index (κ2) is 5.30. The lowest BCUT2D eigenvalue weighted by Crippen LogP contribution is -2.28. The van der Waals surface area contributed by atoms with Gasteiger partial charge in [-0.05, 0) is 24.3 Å². The highest BCUT2D eigenvalue weighted by molar-refractivity contribution is 9.43. The van der Waals surface area contributed by atoms with Crippen molar-refractivity contribution < 1.29 is 0 Å². The average Bonchev–Trinajstić information content (AvgIpc) is 2.39. The Kier molecular flexibility index (Phi) is 3.98. The zero-order chi connectivity index (χ0) is 12.3. The van der Waals surface area contributed by atoms with E-state index in [1.807, 2.05) is 0 Å². The van der Waals surface area contributed by atoms with E-state index in [1.54, 1.807) is 0 Å². The number of benzene rings is 2. The summed E-state index contributed by atoms with van der Waals surface area (Å²) in [6, 6.07) is 21.3. The summed E-state index contributed by atoms with van der Waals surface area (Å²) in [5.74, 6) is 0. The molecular formula is C14H16BrNP+. The molecule has 0 heterocycles. The van der Waals surface area contributed by atoms with Crippen molar-refractivity contribution >= 4 is 32.2 Å². The molecular weight excluding hydrogens is 293 g/mol. The van der Waals surface area contributed by atoms with Gasteiger partial charge < -0.3 is 0 Å². The summed E-state index contributed by atoms with van der Waals surface area (Å²) in [7, 11) is 4.26. The van der Waals surface area contributed by atoms with Crippen LogP contribution in [0.1, 0.15) is 0 Å². The lowest BCUT2D eigenvalue weighted by Gasteiger charge is -2.25. The molecule has 2 aromatic carbocycles. The van der Waals surface area contributed by atoms with Gasteiger partial charge in [0.25, 0.3) is 0 Å². The maximum atomic E-state index is 4.00. The van der Waals surface area contributed by atoms with Gasteiger partial charge in [-0.25, -0.2) is 0 Å². The number of hydrogen-bond donors (Lipinski definition) is 0. The van der Waals surface area contributed by atoms with E-state index in [2.05, 4.69) is 94.9 Å². The molecule has 0 bridgehead atoms. The molecule has 88 valence electrons. The normalized spacial score (nSPS) is 11.8. The first-order valence-electron chi connectivity index (χ1n) is 5.53. The predicted octanol–water partition coefficient (Wildman–Crippen LogP) is 3.44. The summed E-state index contributed by atoms with van der Waals surface area (Å²) >= 11 is 4.00. The zero-order valence-corrected chi connectivity index (χ0v) is 12.5. The molecule has 17 heavy (non-hydrogen) atoms. The Morgan fingerprint density at radius 1 is 0.765 bits per heavy atom. The Morgan fingerprint density at radius 2 is 1.12 bits per heavy atom. The molecule has 2 aromatic rings. The Hall–Kier alpha value is -0.690. The van der Waals surface area contributed by atoms with Crippen LogP contribution in [0.3, 0.4) is 0 Å². The first-order chi connectivity index (χ1) is 8.15. The van der Waals surface area contributed by atoms with E-state index in [4.69, 9.17) is 0 Å². The van der Waals surface area contributed by atoms with Crippen molar-refractivity contribution in [3.8, 4) is 0 Å². The summed E-state index contributed by atoms with van der Waals surface area (Å²) in [6.45, 7) is 0. The summed E-state index contributed by atoms with van der Waals surface area (Å²) in [5.41, 5.74) is 0. The van der Waals surface area contributed by atoms with Crippen LogP contribution in [-0.2, 0) is 0 Å². The van der Waals surface area contributed by atoms with Gasteiger partial charge in [-0.2, -0.15) is 4.67 Å². The van der Waals surface area contributed by atoms with E-state index in [0.717, 1.165) is 0 Å². The fourth-order valence-corrected chi connectivity index (χ4v) is 5.64. The smallest absolute Gasteiger partial charge is 0.167 e. The van der Waals surface area contributed by atoms with E-state index in [1.165, 1.54) is 10.6 Å². The predicted molar refractivity (Wildman–Crippen MR) is 81.7 cm³/mol. The summed E-state index contributed by atoms with van der Waals surface area (Å²) < 4.78 is 2.29. The lowest BCUT2D eigenvalue weighted by molar-refractivity contribution is 0.687. The van der Waals surface area contributed by atoms with Crippen molar-refractivity contribution in [2.45, 2.75) is 0 Å². The molecule has 0 aliphatic carbocycles. The molecule has 0 fully saturated rings.